The molecule has 0 aliphatic carbocycles. The molecule has 0 bridgehead atoms. The zero-order valence-corrected chi connectivity index (χ0v) is 25.6. The van der Waals surface area contributed by atoms with E-state index in [4.69, 9.17) is 13.1 Å². The van der Waals surface area contributed by atoms with Gasteiger partial charge in [-0.25, -0.2) is 0 Å². The van der Waals surface area contributed by atoms with Crippen molar-refractivity contribution in [2.24, 2.45) is 0 Å². The number of hydrogen-bond donors (Lipinski definition) is 0. The standard InChI is InChI=1S/C29H31NO8S3/c1-5-30(6-2)17-18-36-22-11-7-20(8-12-22)28(31)27-25-16-15-24(38-41(4,34)35)19-26(25)39-29(27)21-9-13-23(14-10-21)37-40(3,32)33/h7-16,19H,5-6,17-18H2,1-4H3. The summed E-state index contributed by atoms with van der Waals surface area (Å²) in [4.78, 5) is 16.8. The predicted octanol–water partition coefficient (Wildman–Crippen LogP) is 5.20. The molecular formula is C29H31NO8S3. The minimum absolute atomic E-state index is 0.134. The SMILES string of the molecule is CCN(CC)CCOc1ccc(C(=O)c2c(-c3ccc(OS(C)(=O)=O)cc3)sc3cc(OS(C)(=O)=O)ccc23)cc1. The third-order valence-electron chi connectivity index (χ3n) is 6.19. The van der Waals surface area contributed by atoms with Crippen LogP contribution in [0.4, 0.5) is 0 Å². The highest BCUT2D eigenvalue weighted by atomic mass is 32.2. The van der Waals surface area contributed by atoms with Crippen LogP contribution in [0.2, 0.25) is 0 Å². The highest BCUT2D eigenvalue weighted by Crippen LogP contribution is 2.42. The zero-order chi connectivity index (χ0) is 29.8. The Morgan fingerprint density at radius 3 is 1.93 bits per heavy atom. The maximum Gasteiger partial charge on any atom is 0.306 e. The van der Waals surface area contributed by atoms with Crippen molar-refractivity contribution >= 4 is 47.4 Å². The lowest BCUT2D eigenvalue weighted by Gasteiger charge is -2.18. The number of ketones is 1. The summed E-state index contributed by atoms with van der Waals surface area (Å²) in [5.41, 5.74) is 1.55. The fraction of sp³-hybridized carbons (Fsp3) is 0.276. The zero-order valence-electron chi connectivity index (χ0n) is 23.1. The number of carbonyl (C=O) groups is 1. The summed E-state index contributed by atoms with van der Waals surface area (Å²) < 4.78 is 62.9. The van der Waals surface area contributed by atoms with E-state index < -0.39 is 20.2 Å². The molecule has 1 heterocycles. The molecule has 0 aliphatic rings. The number of hydrogen-bond acceptors (Lipinski definition) is 10. The van der Waals surface area contributed by atoms with Crippen molar-refractivity contribution in [2.75, 3.05) is 38.8 Å². The van der Waals surface area contributed by atoms with Crippen LogP contribution in [0.15, 0.2) is 66.7 Å². The van der Waals surface area contributed by atoms with Gasteiger partial charge in [-0.05, 0) is 85.4 Å². The van der Waals surface area contributed by atoms with Crippen LogP contribution in [-0.4, -0.2) is 66.3 Å². The molecule has 218 valence electrons. The minimum Gasteiger partial charge on any atom is -0.492 e. The van der Waals surface area contributed by atoms with Gasteiger partial charge < -0.3 is 18.0 Å². The van der Waals surface area contributed by atoms with Gasteiger partial charge in [0, 0.05) is 32.6 Å². The molecule has 4 rings (SSSR count). The first kappa shape index (κ1) is 30.5. The van der Waals surface area contributed by atoms with Gasteiger partial charge in [-0.3, -0.25) is 4.79 Å². The van der Waals surface area contributed by atoms with Crippen LogP contribution in [-0.2, 0) is 20.2 Å². The minimum atomic E-state index is -3.74. The van der Waals surface area contributed by atoms with Gasteiger partial charge in [-0.2, -0.15) is 16.8 Å². The van der Waals surface area contributed by atoms with Crippen molar-refractivity contribution in [3.8, 4) is 27.7 Å². The summed E-state index contributed by atoms with van der Waals surface area (Å²) in [6.45, 7) is 7.43. The average Bonchev–Trinajstić information content (AvgIpc) is 3.28. The molecule has 0 fully saturated rings. The Morgan fingerprint density at radius 2 is 1.34 bits per heavy atom. The number of nitrogens with zero attached hydrogens (tertiary/aromatic N) is 1. The van der Waals surface area contributed by atoms with Crippen LogP contribution >= 0.6 is 11.3 Å². The highest BCUT2D eigenvalue weighted by molar-refractivity contribution is 7.86. The first-order valence-corrected chi connectivity index (χ1v) is 17.3. The highest BCUT2D eigenvalue weighted by Gasteiger charge is 2.23. The fourth-order valence-corrected chi connectivity index (χ4v) is 6.40. The van der Waals surface area contributed by atoms with Crippen LogP contribution in [0.25, 0.3) is 20.5 Å². The van der Waals surface area contributed by atoms with Crippen LogP contribution in [0.5, 0.6) is 17.2 Å². The molecule has 0 saturated heterocycles. The van der Waals surface area contributed by atoms with Gasteiger partial charge in [0.25, 0.3) is 0 Å². The lowest BCUT2D eigenvalue weighted by Crippen LogP contribution is -2.27. The maximum atomic E-state index is 13.9. The molecule has 0 aliphatic heterocycles. The van der Waals surface area contributed by atoms with Gasteiger partial charge in [0.15, 0.2) is 5.78 Å². The molecule has 0 unspecified atom stereocenters. The third kappa shape index (κ3) is 8.07. The van der Waals surface area contributed by atoms with E-state index in [1.165, 1.54) is 29.5 Å². The Balaban J connectivity index is 1.70. The second-order valence-electron chi connectivity index (χ2n) is 9.29. The Hall–Kier alpha value is -3.45. The Labute approximate surface area is 244 Å². The number of carbonyl (C=O) groups excluding carboxylic acids is 1. The molecule has 4 aromatic rings. The van der Waals surface area contributed by atoms with Gasteiger partial charge in [0.05, 0.1) is 12.5 Å². The van der Waals surface area contributed by atoms with Crippen LogP contribution in [0.1, 0.15) is 29.8 Å². The van der Waals surface area contributed by atoms with Gasteiger partial charge in [0.2, 0.25) is 0 Å². The smallest absolute Gasteiger partial charge is 0.306 e. The molecule has 0 saturated carbocycles. The number of likely N-dealkylation sites (N-methyl/N-ethyl adjacent to an activating group) is 1. The van der Waals surface area contributed by atoms with Crippen molar-refractivity contribution in [3.05, 3.63) is 77.9 Å². The first-order valence-electron chi connectivity index (χ1n) is 12.8. The van der Waals surface area contributed by atoms with E-state index in [1.807, 2.05) is 0 Å². The monoisotopic (exact) mass is 617 g/mol. The van der Waals surface area contributed by atoms with Gasteiger partial charge >= 0.3 is 20.2 Å². The number of benzene rings is 3. The van der Waals surface area contributed by atoms with Crippen molar-refractivity contribution < 1.29 is 34.7 Å². The largest absolute Gasteiger partial charge is 0.492 e. The first-order chi connectivity index (χ1) is 19.4. The Morgan fingerprint density at radius 1 is 0.780 bits per heavy atom. The van der Waals surface area contributed by atoms with Gasteiger partial charge in [0.1, 0.15) is 23.9 Å². The summed E-state index contributed by atoms with van der Waals surface area (Å²) >= 11 is 1.30. The van der Waals surface area contributed by atoms with E-state index in [0.29, 0.717) is 44.0 Å². The molecule has 1 aromatic heterocycles. The molecule has 9 nitrogen and oxygen atoms in total. The molecule has 12 heteroatoms. The summed E-state index contributed by atoms with van der Waals surface area (Å²) in [5, 5.41) is 0.631. The number of rotatable bonds is 13. The van der Waals surface area contributed by atoms with Crippen LogP contribution in [0.3, 0.4) is 0 Å². The van der Waals surface area contributed by atoms with E-state index in [0.717, 1.165) is 32.1 Å². The molecule has 3 aromatic carbocycles. The number of thiophene rings is 1. The lowest BCUT2D eigenvalue weighted by atomic mass is 9.97. The van der Waals surface area contributed by atoms with Crippen molar-refractivity contribution in [2.45, 2.75) is 13.8 Å². The second kappa shape index (κ2) is 12.6. The van der Waals surface area contributed by atoms with E-state index in [2.05, 4.69) is 18.7 Å². The molecule has 0 N–H and O–H groups in total. The van der Waals surface area contributed by atoms with Crippen molar-refractivity contribution in [1.29, 1.82) is 0 Å². The topological polar surface area (TPSA) is 116 Å². The predicted molar refractivity (Wildman–Crippen MR) is 161 cm³/mol. The van der Waals surface area contributed by atoms with E-state index in [9.17, 15) is 21.6 Å². The van der Waals surface area contributed by atoms with Gasteiger partial charge in [-0.15, -0.1) is 11.3 Å². The summed E-state index contributed by atoms with van der Waals surface area (Å²) in [6.07, 6.45) is 1.92. The fourth-order valence-electron chi connectivity index (χ4n) is 4.25. The molecule has 0 amide bonds. The van der Waals surface area contributed by atoms with E-state index in [-0.39, 0.29) is 17.3 Å². The van der Waals surface area contributed by atoms with E-state index >= 15 is 0 Å². The molecule has 0 radical (unpaired) electrons. The maximum absolute atomic E-state index is 13.9. The van der Waals surface area contributed by atoms with Crippen molar-refractivity contribution in [3.63, 3.8) is 0 Å². The quantitative estimate of drug-likeness (QED) is 0.147. The van der Waals surface area contributed by atoms with Crippen LogP contribution in [0, 0.1) is 0 Å². The van der Waals surface area contributed by atoms with E-state index in [1.54, 1.807) is 48.5 Å². The summed E-state index contributed by atoms with van der Waals surface area (Å²) in [5.74, 6) is 0.711. The Bertz CT molecular complexity index is 1740. The third-order valence-corrected chi connectivity index (χ3v) is 8.38. The summed E-state index contributed by atoms with van der Waals surface area (Å²) in [7, 11) is -7.44. The summed E-state index contributed by atoms with van der Waals surface area (Å²) in [6, 6.07) is 18.1. The molecular weight excluding hydrogens is 587 g/mol. The van der Waals surface area contributed by atoms with Crippen molar-refractivity contribution in [1.82, 2.24) is 4.90 Å². The number of fused-ring (bicyclic) bond motifs is 1. The average molecular weight is 618 g/mol. The lowest BCUT2D eigenvalue weighted by molar-refractivity contribution is 0.104. The molecule has 41 heavy (non-hydrogen) atoms. The Kier molecular flexibility index (Phi) is 9.37. The number of ether oxygens (including phenoxy) is 1. The van der Waals surface area contributed by atoms with Crippen LogP contribution < -0.4 is 13.1 Å². The molecule has 0 spiro atoms. The van der Waals surface area contributed by atoms with Gasteiger partial charge in [-0.1, -0.05) is 13.8 Å². The molecule has 0 atom stereocenters. The second-order valence-corrected chi connectivity index (χ2v) is 13.5. The normalized spacial score (nSPS) is 12.0.